The van der Waals surface area contributed by atoms with Crippen molar-refractivity contribution in [2.24, 2.45) is 11.3 Å². The van der Waals surface area contributed by atoms with Gasteiger partial charge in [-0.1, -0.05) is 34.6 Å². The zero-order chi connectivity index (χ0) is 13.8. The van der Waals surface area contributed by atoms with Crippen LogP contribution < -0.4 is 5.32 Å². The topological polar surface area (TPSA) is 12.0 Å². The van der Waals surface area contributed by atoms with Crippen molar-refractivity contribution in [2.75, 3.05) is 6.54 Å². The molecule has 1 nitrogen and oxygen atoms in total. The van der Waals surface area contributed by atoms with Crippen LogP contribution in [0.15, 0.2) is 15.2 Å². The molecule has 0 spiro atoms. The second kappa shape index (κ2) is 7.06. The molecule has 1 aromatic heterocycles. The third-order valence-corrected chi connectivity index (χ3v) is 4.82. The molecule has 104 valence electrons. The number of rotatable bonds is 6. The smallest absolute Gasteiger partial charge is 0.0342 e. The lowest BCUT2D eigenvalue weighted by Crippen LogP contribution is -2.24. The summed E-state index contributed by atoms with van der Waals surface area (Å²) in [5, 5.41) is 8.06. The average Bonchev–Trinajstić information content (AvgIpc) is 2.60. The van der Waals surface area contributed by atoms with Crippen LogP contribution in [0, 0.1) is 11.3 Å². The average molecular weight is 332 g/mol. The fourth-order valence-corrected chi connectivity index (χ4v) is 4.27. The second-order valence-electron chi connectivity index (χ2n) is 6.39. The highest BCUT2D eigenvalue weighted by atomic mass is 79.9. The standard InChI is InChI=1S/C15H26BrNS/c1-6-17-14(12-9-18-10-13(12)16)7-11(2)8-15(3,4)5/h9-11,14,17H,6-8H2,1-5H3. The number of halogens is 1. The van der Waals surface area contributed by atoms with Crippen molar-refractivity contribution >= 4 is 27.3 Å². The normalized spacial score (nSPS) is 15.7. The Hall–Kier alpha value is 0.140. The Balaban J connectivity index is 2.67. The Morgan fingerprint density at radius 1 is 1.33 bits per heavy atom. The number of nitrogens with one attached hydrogen (secondary N) is 1. The summed E-state index contributed by atoms with van der Waals surface area (Å²) < 4.78 is 1.25. The fourth-order valence-electron chi connectivity index (χ4n) is 2.64. The maximum Gasteiger partial charge on any atom is 0.0342 e. The third kappa shape index (κ3) is 5.41. The van der Waals surface area contributed by atoms with E-state index in [9.17, 15) is 0 Å². The minimum Gasteiger partial charge on any atom is -0.310 e. The van der Waals surface area contributed by atoms with Crippen LogP contribution in [0.5, 0.6) is 0 Å². The van der Waals surface area contributed by atoms with Gasteiger partial charge in [-0.15, -0.1) is 0 Å². The van der Waals surface area contributed by atoms with Gasteiger partial charge in [-0.05, 0) is 57.6 Å². The summed E-state index contributed by atoms with van der Waals surface area (Å²) in [6.07, 6.45) is 2.48. The van der Waals surface area contributed by atoms with Crippen LogP contribution in [0.2, 0.25) is 0 Å². The van der Waals surface area contributed by atoms with E-state index in [-0.39, 0.29) is 0 Å². The van der Waals surface area contributed by atoms with Crippen molar-refractivity contribution in [1.29, 1.82) is 0 Å². The Morgan fingerprint density at radius 2 is 2.00 bits per heavy atom. The fraction of sp³-hybridized carbons (Fsp3) is 0.733. The second-order valence-corrected chi connectivity index (χ2v) is 7.99. The van der Waals surface area contributed by atoms with Crippen LogP contribution in [0.4, 0.5) is 0 Å². The van der Waals surface area contributed by atoms with Crippen molar-refractivity contribution < 1.29 is 0 Å². The van der Waals surface area contributed by atoms with Gasteiger partial charge in [-0.25, -0.2) is 0 Å². The summed E-state index contributed by atoms with van der Waals surface area (Å²) in [6.45, 7) is 12.6. The van der Waals surface area contributed by atoms with E-state index in [4.69, 9.17) is 0 Å². The van der Waals surface area contributed by atoms with Crippen LogP contribution in [-0.4, -0.2) is 6.54 Å². The lowest BCUT2D eigenvalue weighted by Gasteiger charge is -2.27. The molecule has 0 fully saturated rings. The van der Waals surface area contributed by atoms with Gasteiger partial charge >= 0.3 is 0 Å². The molecule has 2 atom stereocenters. The number of thiophene rings is 1. The first-order chi connectivity index (χ1) is 8.33. The van der Waals surface area contributed by atoms with E-state index in [1.54, 1.807) is 11.3 Å². The quantitative estimate of drug-likeness (QED) is 0.712. The number of hydrogen-bond donors (Lipinski definition) is 1. The molecule has 1 aromatic rings. The third-order valence-electron chi connectivity index (χ3n) is 3.07. The highest BCUT2D eigenvalue weighted by Crippen LogP contribution is 2.34. The van der Waals surface area contributed by atoms with Crippen molar-refractivity contribution in [3.8, 4) is 0 Å². The van der Waals surface area contributed by atoms with Crippen LogP contribution in [0.25, 0.3) is 0 Å². The molecule has 0 amide bonds. The molecule has 0 radical (unpaired) electrons. The highest BCUT2D eigenvalue weighted by Gasteiger charge is 2.21. The van der Waals surface area contributed by atoms with Gasteiger partial charge in [0.25, 0.3) is 0 Å². The lowest BCUT2D eigenvalue weighted by atomic mass is 9.82. The maximum atomic E-state index is 3.66. The van der Waals surface area contributed by atoms with E-state index in [0.717, 1.165) is 12.5 Å². The lowest BCUT2D eigenvalue weighted by molar-refractivity contribution is 0.276. The van der Waals surface area contributed by atoms with Gasteiger partial charge in [-0.3, -0.25) is 0 Å². The SMILES string of the molecule is CCNC(CC(C)CC(C)(C)C)c1cscc1Br. The number of hydrogen-bond acceptors (Lipinski definition) is 2. The molecule has 1 rings (SSSR count). The largest absolute Gasteiger partial charge is 0.310 e. The molecule has 0 aromatic carbocycles. The molecule has 0 bridgehead atoms. The summed E-state index contributed by atoms with van der Waals surface area (Å²) in [4.78, 5) is 0. The molecule has 0 saturated carbocycles. The molecule has 1 N–H and O–H groups in total. The molecule has 0 aliphatic heterocycles. The first kappa shape index (κ1) is 16.2. The predicted molar refractivity (Wildman–Crippen MR) is 86.3 cm³/mol. The van der Waals surface area contributed by atoms with Crippen LogP contribution in [-0.2, 0) is 0 Å². The summed E-state index contributed by atoms with van der Waals surface area (Å²) >= 11 is 5.43. The Morgan fingerprint density at radius 3 is 2.44 bits per heavy atom. The van der Waals surface area contributed by atoms with Gasteiger partial charge in [0.05, 0.1) is 0 Å². The molecule has 0 aliphatic carbocycles. The van der Waals surface area contributed by atoms with E-state index >= 15 is 0 Å². The molecule has 2 unspecified atom stereocenters. The minimum absolute atomic E-state index is 0.419. The first-order valence-corrected chi connectivity index (χ1v) is 8.52. The van der Waals surface area contributed by atoms with E-state index in [1.807, 2.05) is 0 Å². The maximum absolute atomic E-state index is 3.66. The van der Waals surface area contributed by atoms with Gasteiger partial charge in [0, 0.05) is 15.9 Å². The summed E-state index contributed by atoms with van der Waals surface area (Å²) in [7, 11) is 0. The Bertz CT molecular complexity index is 354. The zero-order valence-corrected chi connectivity index (χ0v) is 14.6. The highest BCUT2D eigenvalue weighted by molar-refractivity contribution is 9.10. The van der Waals surface area contributed by atoms with Crippen molar-refractivity contribution in [2.45, 2.75) is 53.5 Å². The minimum atomic E-state index is 0.419. The summed E-state index contributed by atoms with van der Waals surface area (Å²) in [5.74, 6) is 0.737. The summed E-state index contributed by atoms with van der Waals surface area (Å²) in [6, 6.07) is 0.480. The van der Waals surface area contributed by atoms with E-state index in [2.05, 4.69) is 66.6 Å². The van der Waals surface area contributed by atoms with Gasteiger partial charge in [-0.2, -0.15) is 11.3 Å². The molecular weight excluding hydrogens is 306 g/mol. The van der Waals surface area contributed by atoms with Crippen LogP contribution >= 0.6 is 27.3 Å². The molecule has 3 heteroatoms. The molecule has 0 aliphatic rings. The Labute approximate surface area is 125 Å². The van der Waals surface area contributed by atoms with E-state index in [0.29, 0.717) is 11.5 Å². The van der Waals surface area contributed by atoms with Gasteiger partial charge in [0.15, 0.2) is 0 Å². The van der Waals surface area contributed by atoms with Crippen molar-refractivity contribution in [1.82, 2.24) is 5.32 Å². The first-order valence-electron chi connectivity index (χ1n) is 6.78. The van der Waals surface area contributed by atoms with Gasteiger partial charge < -0.3 is 5.32 Å². The molecule has 18 heavy (non-hydrogen) atoms. The van der Waals surface area contributed by atoms with E-state index < -0.39 is 0 Å². The zero-order valence-electron chi connectivity index (χ0n) is 12.2. The van der Waals surface area contributed by atoms with Crippen molar-refractivity contribution in [3.63, 3.8) is 0 Å². The molecular formula is C15H26BrNS. The van der Waals surface area contributed by atoms with Crippen LogP contribution in [0.1, 0.15) is 59.1 Å². The Kier molecular flexibility index (Phi) is 6.36. The van der Waals surface area contributed by atoms with E-state index in [1.165, 1.54) is 22.9 Å². The van der Waals surface area contributed by atoms with Gasteiger partial charge in [0.1, 0.15) is 0 Å². The van der Waals surface area contributed by atoms with Crippen molar-refractivity contribution in [3.05, 3.63) is 20.8 Å². The van der Waals surface area contributed by atoms with Gasteiger partial charge in [0.2, 0.25) is 0 Å². The molecule has 1 heterocycles. The predicted octanol–water partition coefficient (Wildman–Crippen LogP) is 5.62. The van der Waals surface area contributed by atoms with Crippen LogP contribution in [0.3, 0.4) is 0 Å². The monoisotopic (exact) mass is 331 g/mol. The molecule has 0 saturated heterocycles. The summed E-state index contributed by atoms with van der Waals surface area (Å²) in [5.41, 5.74) is 1.84.